The van der Waals surface area contributed by atoms with Gasteiger partial charge in [0, 0.05) is 11.1 Å². The summed E-state index contributed by atoms with van der Waals surface area (Å²) in [7, 11) is 1.31. The fourth-order valence-electron chi connectivity index (χ4n) is 2.75. The number of methoxy groups -OCH3 is 1. The number of esters is 1. The first kappa shape index (κ1) is 8.88. The van der Waals surface area contributed by atoms with Gasteiger partial charge in [-0.15, -0.1) is 0 Å². The molecule has 3 saturated carbocycles. The molecule has 1 heterocycles. The van der Waals surface area contributed by atoms with E-state index in [-0.39, 0.29) is 11.1 Å². The van der Waals surface area contributed by atoms with Crippen LogP contribution in [0.15, 0.2) is 6.07 Å². The van der Waals surface area contributed by atoms with E-state index in [2.05, 4.69) is 14.9 Å². The van der Waals surface area contributed by atoms with Gasteiger partial charge in [0.25, 0.3) is 0 Å². The molecule has 4 nitrogen and oxygen atoms in total. The second-order valence-electron chi connectivity index (χ2n) is 4.62. The number of hydrogen-bond acceptors (Lipinski definition) is 3. The van der Waals surface area contributed by atoms with Crippen LogP contribution >= 0.6 is 0 Å². The van der Waals surface area contributed by atoms with E-state index in [1.54, 1.807) is 6.07 Å². The fraction of sp³-hybridized carbons (Fsp3) is 0.600. The van der Waals surface area contributed by atoms with Crippen molar-refractivity contribution in [3.63, 3.8) is 0 Å². The zero-order valence-corrected chi connectivity index (χ0v) is 8.34. The second-order valence-corrected chi connectivity index (χ2v) is 4.62. The molecule has 4 rings (SSSR count). The van der Waals surface area contributed by atoms with Crippen LogP contribution in [0.25, 0.3) is 0 Å². The second kappa shape index (κ2) is 2.40. The average Bonchev–Trinajstić information content (AvgIpc) is 2.59. The standard InChI is InChI=1S/C10H11FN2O2/c1-15-8(14)6-2-7(13-12-6)9-3-10(11,4-9)5-9/h2H,3-5H2,1H3,(H,12,13). The van der Waals surface area contributed by atoms with Crippen LogP contribution in [0.1, 0.15) is 35.4 Å². The summed E-state index contributed by atoms with van der Waals surface area (Å²) in [5.41, 5.74) is 0.123. The molecule has 0 unspecified atom stereocenters. The van der Waals surface area contributed by atoms with Crippen LogP contribution in [-0.4, -0.2) is 28.9 Å². The molecular weight excluding hydrogens is 199 g/mol. The van der Waals surface area contributed by atoms with Gasteiger partial charge in [0.1, 0.15) is 5.67 Å². The number of carbonyl (C=O) groups is 1. The SMILES string of the molecule is COC(=O)c1cc(C23CC(F)(C2)C3)[nH]n1. The highest BCUT2D eigenvalue weighted by Crippen LogP contribution is 2.69. The molecule has 1 aromatic heterocycles. The van der Waals surface area contributed by atoms with Crippen LogP contribution in [0.4, 0.5) is 4.39 Å². The minimum Gasteiger partial charge on any atom is -0.464 e. The number of alkyl halides is 1. The minimum atomic E-state index is -0.934. The van der Waals surface area contributed by atoms with Gasteiger partial charge in [0.05, 0.1) is 7.11 Å². The number of ether oxygens (including phenoxy) is 1. The van der Waals surface area contributed by atoms with Gasteiger partial charge in [-0.05, 0) is 25.3 Å². The number of hydrogen-bond donors (Lipinski definition) is 1. The number of rotatable bonds is 2. The molecule has 3 aliphatic carbocycles. The van der Waals surface area contributed by atoms with Crippen molar-refractivity contribution in [3.05, 3.63) is 17.5 Å². The zero-order chi connectivity index (χ0) is 10.7. The first-order chi connectivity index (χ1) is 7.07. The van der Waals surface area contributed by atoms with Gasteiger partial charge < -0.3 is 4.74 Å². The van der Waals surface area contributed by atoms with E-state index in [1.807, 2.05) is 0 Å². The van der Waals surface area contributed by atoms with Gasteiger partial charge in [0.2, 0.25) is 0 Å². The molecular formula is C10H11FN2O2. The Morgan fingerprint density at radius 3 is 2.80 bits per heavy atom. The number of H-pyrrole nitrogens is 1. The van der Waals surface area contributed by atoms with Crippen LogP contribution < -0.4 is 0 Å². The quantitative estimate of drug-likeness (QED) is 0.749. The Hall–Kier alpha value is -1.39. The number of nitrogens with zero attached hydrogens (tertiary/aromatic N) is 1. The van der Waals surface area contributed by atoms with Crippen LogP contribution in [0.3, 0.4) is 0 Å². The number of aromatic amines is 1. The molecule has 0 spiro atoms. The van der Waals surface area contributed by atoms with E-state index in [0.29, 0.717) is 19.3 Å². The zero-order valence-electron chi connectivity index (χ0n) is 8.34. The Labute approximate surface area is 85.8 Å². The predicted molar refractivity (Wildman–Crippen MR) is 49.3 cm³/mol. The first-order valence-corrected chi connectivity index (χ1v) is 4.90. The van der Waals surface area contributed by atoms with E-state index in [9.17, 15) is 9.18 Å². The van der Waals surface area contributed by atoms with Crippen molar-refractivity contribution < 1.29 is 13.9 Å². The predicted octanol–water partition coefficient (Wildman–Crippen LogP) is 1.34. The van der Waals surface area contributed by atoms with Gasteiger partial charge in [-0.3, -0.25) is 5.10 Å². The summed E-state index contributed by atoms with van der Waals surface area (Å²) in [5.74, 6) is -0.459. The van der Waals surface area contributed by atoms with E-state index in [0.717, 1.165) is 5.69 Å². The smallest absolute Gasteiger partial charge is 0.358 e. The van der Waals surface area contributed by atoms with Gasteiger partial charge in [0.15, 0.2) is 5.69 Å². The van der Waals surface area contributed by atoms with Crippen molar-refractivity contribution in [1.82, 2.24) is 10.2 Å². The van der Waals surface area contributed by atoms with Crippen molar-refractivity contribution in [1.29, 1.82) is 0 Å². The molecule has 0 radical (unpaired) electrons. The lowest BCUT2D eigenvalue weighted by Gasteiger charge is -2.65. The molecule has 5 heteroatoms. The van der Waals surface area contributed by atoms with Gasteiger partial charge in [-0.2, -0.15) is 5.10 Å². The molecule has 1 N–H and O–H groups in total. The highest BCUT2D eigenvalue weighted by atomic mass is 19.1. The summed E-state index contributed by atoms with van der Waals surface area (Å²) >= 11 is 0. The Bertz CT molecular complexity index is 421. The maximum Gasteiger partial charge on any atom is 0.358 e. The Morgan fingerprint density at radius 2 is 2.27 bits per heavy atom. The summed E-state index contributed by atoms with van der Waals surface area (Å²) in [6.07, 6.45) is 1.68. The highest BCUT2D eigenvalue weighted by Gasteiger charge is 2.70. The van der Waals surface area contributed by atoms with Gasteiger partial charge >= 0.3 is 5.97 Å². The lowest BCUT2D eigenvalue weighted by atomic mass is 9.41. The lowest BCUT2D eigenvalue weighted by molar-refractivity contribution is -0.160. The first-order valence-electron chi connectivity index (χ1n) is 4.90. The molecule has 3 aliphatic rings. The normalized spacial score (nSPS) is 36.7. The summed E-state index contributed by atoms with van der Waals surface area (Å²) < 4.78 is 17.9. The summed E-state index contributed by atoms with van der Waals surface area (Å²) in [5, 5.41) is 6.66. The minimum absolute atomic E-state index is 0.0754. The van der Waals surface area contributed by atoms with E-state index < -0.39 is 11.6 Å². The van der Waals surface area contributed by atoms with Crippen molar-refractivity contribution in [3.8, 4) is 0 Å². The Kier molecular flexibility index (Phi) is 1.42. The summed E-state index contributed by atoms with van der Waals surface area (Å²) in [6.45, 7) is 0. The molecule has 0 aromatic carbocycles. The molecule has 0 saturated heterocycles. The monoisotopic (exact) mass is 210 g/mol. The van der Waals surface area contributed by atoms with Crippen molar-refractivity contribution in [2.75, 3.05) is 7.11 Å². The number of aromatic nitrogens is 2. The maximum absolute atomic E-state index is 13.3. The average molecular weight is 210 g/mol. The van der Waals surface area contributed by atoms with Crippen LogP contribution in [0, 0.1) is 0 Å². The molecule has 3 fully saturated rings. The van der Waals surface area contributed by atoms with Gasteiger partial charge in [-0.25, -0.2) is 9.18 Å². The highest BCUT2D eigenvalue weighted by molar-refractivity contribution is 5.87. The van der Waals surface area contributed by atoms with Crippen molar-refractivity contribution in [2.45, 2.75) is 30.3 Å². The third-order valence-corrected chi connectivity index (χ3v) is 3.51. The molecule has 15 heavy (non-hydrogen) atoms. The molecule has 80 valence electrons. The van der Waals surface area contributed by atoms with Gasteiger partial charge in [-0.1, -0.05) is 0 Å². The number of carbonyl (C=O) groups excluding carboxylic acids is 1. The summed E-state index contributed by atoms with van der Waals surface area (Å²) in [4.78, 5) is 11.2. The van der Waals surface area contributed by atoms with E-state index in [1.165, 1.54) is 7.11 Å². The third kappa shape index (κ3) is 1.00. The number of halogens is 1. The van der Waals surface area contributed by atoms with E-state index in [4.69, 9.17) is 0 Å². The number of nitrogens with one attached hydrogen (secondary N) is 1. The van der Waals surface area contributed by atoms with Crippen LogP contribution in [-0.2, 0) is 10.2 Å². The Morgan fingerprint density at radius 1 is 1.60 bits per heavy atom. The molecule has 0 amide bonds. The fourth-order valence-corrected chi connectivity index (χ4v) is 2.75. The maximum atomic E-state index is 13.3. The third-order valence-electron chi connectivity index (χ3n) is 3.51. The molecule has 1 aromatic rings. The molecule has 0 aliphatic heterocycles. The summed E-state index contributed by atoms with van der Waals surface area (Å²) in [6, 6.07) is 1.67. The van der Waals surface area contributed by atoms with Crippen LogP contribution in [0.5, 0.6) is 0 Å². The van der Waals surface area contributed by atoms with Crippen molar-refractivity contribution >= 4 is 5.97 Å². The lowest BCUT2D eigenvalue weighted by Crippen LogP contribution is -2.67. The molecule has 0 atom stereocenters. The van der Waals surface area contributed by atoms with Crippen molar-refractivity contribution in [2.24, 2.45) is 0 Å². The molecule has 2 bridgehead atoms. The largest absolute Gasteiger partial charge is 0.464 e. The van der Waals surface area contributed by atoms with Crippen LogP contribution in [0.2, 0.25) is 0 Å². The van der Waals surface area contributed by atoms with E-state index >= 15 is 0 Å². The topological polar surface area (TPSA) is 55.0 Å². The Balaban J connectivity index is 1.83.